The second kappa shape index (κ2) is 21.5. The van der Waals surface area contributed by atoms with Crippen molar-refractivity contribution in [2.24, 2.45) is 10.2 Å². The molecule has 0 aliphatic heterocycles. The fourth-order valence-electron chi connectivity index (χ4n) is 4.82. The van der Waals surface area contributed by atoms with Gasteiger partial charge in [0.2, 0.25) is 0 Å². The number of esters is 3. The molecule has 0 aliphatic rings. The van der Waals surface area contributed by atoms with Crippen molar-refractivity contribution in [2.45, 2.75) is 39.5 Å². The van der Waals surface area contributed by atoms with Gasteiger partial charge in [-0.05, 0) is 133 Å². The summed E-state index contributed by atoms with van der Waals surface area (Å²) in [5.74, 6) is 0.0327. The predicted octanol–water partition coefficient (Wildman–Crippen LogP) is 8.70. The van der Waals surface area contributed by atoms with E-state index < -0.39 is 17.9 Å². The van der Waals surface area contributed by atoms with Crippen LogP contribution in [0.5, 0.6) is 17.2 Å². The Morgan fingerprint density at radius 1 is 0.630 bits per heavy atom. The van der Waals surface area contributed by atoms with E-state index in [1.54, 1.807) is 60.7 Å². The maximum absolute atomic E-state index is 12.5. The SMILES string of the molecule is C=CC(=O)OCCCCOc1ccc(C=CC(=O)Oc2ccc(C(CC)=NN=C(CC)c3ccc(OC(=O)C=Cc4ccc(C#N)cc4)cc3)cc2)cc1. The molecule has 0 heterocycles. The molecule has 0 radical (unpaired) electrons. The Kier molecular flexibility index (Phi) is 15.9. The standard InChI is InChI=1S/C44H41N3O7/c1-4-40(35-17-23-38(24-18-35)53-43(49)27-15-32-9-11-34(31-45)12-10-32)46-47-41(5-2)36-19-25-39(26-20-36)54-44(50)28-16-33-13-21-37(22-14-33)51-29-7-8-30-52-42(48)6-3/h6,9-28H,3-5,7-8,29-30H2,1-2H3. The Hall–Kier alpha value is -6.86. The van der Waals surface area contributed by atoms with Crippen LogP contribution < -0.4 is 14.2 Å². The van der Waals surface area contributed by atoms with Crippen LogP contribution in [0.1, 0.15) is 67.3 Å². The molecule has 54 heavy (non-hydrogen) atoms. The number of unbranched alkanes of at least 4 members (excludes halogenated alkanes) is 1. The molecule has 0 saturated heterocycles. The van der Waals surface area contributed by atoms with Gasteiger partial charge >= 0.3 is 17.9 Å². The Balaban J connectivity index is 1.26. The maximum atomic E-state index is 12.5. The van der Waals surface area contributed by atoms with Crippen molar-refractivity contribution in [3.8, 4) is 23.3 Å². The smallest absolute Gasteiger partial charge is 0.336 e. The van der Waals surface area contributed by atoms with E-state index in [1.165, 1.54) is 12.2 Å². The summed E-state index contributed by atoms with van der Waals surface area (Å²) < 4.78 is 21.6. The Morgan fingerprint density at radius 2 is 1.07 bits per heavy atom. The largest absolute Gasteiger partial charge is 0.494 e. The first kappa shape index (κ1) is 39.9. The van der Waals surface area contributed by atoms with Gasteiger partial charge in [0.05, 0.1) is 36.3 Å². The first-order chi connectivity index (χ1) is 26.3. The Bertz CT molecular complexity index is 2040. The van der Waals surface area contributed by atoms with Gasteiger partial charge in [0.25, 0.3) is 0 Å². The number of hydrogen-bond acceptors (Lipinski definition) is 10. The summed E-state index contributed by atoms with van der Waals surface area (Å²) in [5, 5.41) is 18.0. The molecule has 0 N–H and O–H groups in total. The van der Waals surface area contributed by atoms with Crippen LogP contribution in [0.2, 0.25) is 0 Å². The van der Waals surface area contributed by atoms with Gasteiger partial charge in [0, 0.05) is 18.2 Å². The predicted molar refractivity (Wildman–Crippen MR) is 209 cm³/mol. The molecule has 0 atom stereocenters. The summed E-state index contributed by atoms with van der Waals surface area (Å²) in [6, 6.07) is 30.4. The van der Waals surface area contributed by atoms with Gasteiger partial charge in [-0.2, -0.15) is 15.5 Å². The van der Waals surface area contributed by atoms with Crippen molar-refractivity contribution in [3.05, 3.63) is 150 Å². The number of ether oxygens (including phenoxy) is 4. The number of nitrogens with zero attached hydrogens (tertiary/aromatic N) is 3. The minimum absolute atomic E-state index is 0.326. The molecule has 0 aromatic heterocycles. The van der Waals surface area contributed by atoms with E-state index >= 15 is 0 Å². The monoisotopic (exact) mass is 723 g/mol. The van der Waals surface area contributed by atoms with Crippen LogP contribution in [-0.2, 0) is 19.1 Å². The molecule has 10 heteroatoms. The van der Waals surface area contributed by atoms with Gasteiger partial charge in [-0.25, -0.2) is 14.4 Å². The van der Waals surface area contributed by atoms with Crippen LogP contribution >= 0.6 is 0 Å². The summed E-state index contributed by atoms with van der Waals surface area (Å²) in [6.07, 6.45) is 9.81. The molecular weight excluding hydrogens is 682 g/mol. The van der Waals surface area contributed by atoms with Gasteiger partial charge in [-0.1, -0.05) is 44.7 Å². The number of nitriles is 1. The number of hydrogen-bond donors (Lipinski definition) is 0. The van der Waals surface area contributed by atoms with Gasteiger partial charge < -0.3 is 18.9 Å². The summed E-state index contributed by atoms with van der Waals surface area (Å²) >= 11 is 0. The molecule has 4 aromatic rings. The third kappa shape index (κ3) is 13.4. The van der Waals surface area contributed by atoms with Crippen LogP contribution in [0, 0.1) is 11.3 Å². The minimum Gasteiger partial charge on any atom is -0.494 e. The minimum atomic E-state index is -0.518. The molecule has 4 rings (SSSR count). The number of carbonyl (C=O) groups is 3. The van der Waals surface area contributed by atoms with E-state index in [4.69, 9.17) is 24.2 Å². The molecule has 274 valence electrons. The van der Waals surface area contributed by atoms with Crippen molar-refractivity contribution in [3.63, 3.8) is 0 Å². The van der Waals surface area contributed by atoms with Crippen LogP contribution in [-0.4, -0.2) is 42.5 Å². The van der Waals surface area contributed by atoms with E-state index in [1.807, 2.05) is 62.4 Å². The average molecular weight is 724 g/mol. The quantitative estimate of drug-likeness (QED) is 0.0248. The Morgan fingerprint density at radius 3 is 1.52 bits per heavy atom. The summed E-state index contributed by atoms with van der Waals surface area (Å²) in [5.41, 5.74) is 5.36. The van der Waals surface area contributed by atoms with E-state index in [9.17, 15) is 14.4 Å². The van der Waals surface area contributed by atoms with E-state index in [0.29, 0.717) is 55.3 Å². The summed E-state index contributed by atoms with van der Waals surface area (Å²) in [4.78, 5) is 35.8. The second-order valence-corrected chi connectivity index (χ2v) is 11.6. The highest BCUT2D eigenvalue weighted by molar-refractivity contribution is 6.03. The molecular formula is C44H41N3O7. The van der Waals surface area contributed by atoms with E-state index in [-0.39, 0.29) is 0 Å². The molecule has 0 amide bonds. The third-order valence-electron chi connectivity index (χ3n) is 7.74. The highest BCUT2D eigenvalue weighted by Gasteiger charge is 2.08. The first-order valence-electron chi connectivity index (χ1n) is 17.5. The van der Waals surface area contributed by atoms with E-state index in [2.05, 4.69) is 22.9 Å². The highest BCUT2D eigenvalue weighted by Crippen LogP contribution is 2.18. The van der Waals surface area contributed by atoms with Gasteiger partial charge in [0.1, 0.15) is 17.2 Å². The fraction of sp³-hybridized carbons (Fsp3) is 0.182. The number of carbonyl (C=O) groups excluding carboxylic acids is 3. The average Bonchev–Trinajstić information content (AvgIpc) is 3.20. The van der Waals surface area contributed by atoms with Gasteiger partial charge in [-0.15, -0.1) is 0 Å². The van der Waals surface area contributed by atoms with Crippen molar-refractivity contribution in [2.75, 3.05) is 13.2 Å². The third-order valence-corrected chi connectivity index (χ3v) is 7.74. The molecule has 0 spiro atoms. The van der Waals surface area contributed by atoms with Crippen LogP contribution in [0.3, 0.4) is 0 Å². The zero-order valence-electron chi connectivity index (χ0n) is 30.3. The maximum Gasteiger partial charge on any atom is 0.336 e. The molecule has 4 aromatic carbocycles. The van der Waals surface area contributed by atoms with Crippen molar-refractivity contribution >= 4 is 41.5 Å². The molecule has 10 nitrogen and oxygen atoms in total. The van der Waals surface area contributed by atoms with E-state index in [0.717, 1.165) is 46.2 Å². The second-order valence-electron chi connectivity index (χ2n) is 11.6. The molecule has 0 saturated carbocycles. The molecule has 0 fully saturated rings. The Labute approximate surface area is 315 Å². The number of benzene rings is 4. The van der Waals surface area contributed by atoms with Gasteiger partial charge in [0.15, 0.2) is 0 Å². The zero-order valence-corrected chi connectivity index (χ0v) is 30.3. The fourth-order valence-corrected chi connectivity index (χ4v) is 4.82. The summed E-state index contributed by atoms with van der Waals surface area (Å²) in [6.45, 7) is 8.15. The van der Waals surface area contributed by atoms with Crippen LogP contribution in [0.25, 0.3) is 12.2 Å². The van der Waals surface area contributed by atoms with Gasteiger partial charge in [-0.3, -0.25) is 0 Å². The van der Waals surface area contributed by atoms with Crippen molar-refractivity contribution < 1.29 is 33.3 Å². The topological polar surface area (TPSA) is 137 Å². The highest BCUT2D eigenvalue weighted by atomic mass is 16.5. The summed E-state index contributed by atoms with van der Waals surface area (Å²) in [7, 11) is 0. The van der Waals surface area contributed by atoms with Crippen molar-refractivity contribution in [1.82, 2.24) is 0 Å². The van der Waals surface area contributed by atoms with Crippen molar-refractivity contribution in [1.29, 1.82) is 5.26 Å². The molecule has 0 bridgehead atoms. The number of rotatable bonds is 18. The normalized spacial score (nSPS) is 11.6. The lowest BCUT2D eigenvalue weighted by Crippen LogP contribution is -2.05. The molecule has 0 unspecified atom stereocenters. The lowest BCUT2D eigenvalue weighted by Gasteiger charge is -2.07. The lowest BCUT2D eigenvalue weighted by atomic mass is 10.1. The zero-order chi connectivity index (χ0) is 38.5. The lowest BCUT2D eigenvalue weighted by molar-refractivity contribution is -0.138. The molecule has 0 aliphatic carbocycles. The van der Waals surface area contributed by atoms with Crippen LogP contribution in [0.4, 0.5) is 0 Å². The first-order valence-corrected chi connectivity index (χ1v) is 17.5. The van der Waals surface area contributed by atoms with Crippen LogP contribution in [0.15, 0.2) is 132 Å².